The van der Waals surface area contributed by atoms with Crippen LogP contribution in [0.4, 0.5) is 0 Å². The van der Waals surface area contributed by atoms with Crippen LogP contribution in [0.15, 0.2) is 20.2 Å². The lowest BCUT2D eigenvalue weighted by molar-refractivity contribution is 0.565. The van der Waals surface area contributed by atoms with Crippen LogP contribution in [-0.2, 0) is 6.42 Å². The normalized spacial score (nSPS) is 11.0. The Kier molecular flexibility index (Phi) is 1.80. The number of hydrogen-bond acceptors (Lipinski definition) is 3. The lowest BCUT2D eigenvalue weighted by atomic mass is 10.2. The number of aryl methyl sites for hydroxylation is 2. The second-order valence-electron chi connectivity index (χ2n) is 3.11. The summed E-state index contributed by atoms with van der Waals surface area (Å²) in [5.74, 6) is 0.607. The van der Waals surface area contributed by atoms with Gasteiger partial charge in [-0.1, -0.05) is 6.92 Å². The molecule has 0 atom stereocenters. The second-order valence-corrected chi connectivity index (χ2v) is 3.11. The Labute approximate surface area is 79.0 Å². The van der Waals surface area contributed by atoms with Crippen LogP contribution in [0.1, 0.15) is 18.2 Å². The van der Waals surface area contributed by atoms with Gasteiger partial charge in [-0.3, -0.25) is 9.78 Å². The van der Waals surface area contributed by atoms with Crippen molar-refractivity contribution in [2.24, 2.45) is 0 Å². The maximum atomic E-state index is 11.4. The summed E-state index contributed by atoms with van der Waals surface area (Å²) >= 11 is 0. The van der Waals surface area contributed by atoms with E-state index in [1.807, 2.05) is 6.92 Å². The first-order valence-corrected chi connectivity index (χ1v) is 4.37. The van der Waals surface area contributed by atoms with Crippen LogP contribution in [0.5, 0.6) is 0 Å². The van der Waals surface area contributed by atoms with Crippen molar-refractivity contribution in [1.29, 1.82) is 0 Å². The minimum Gasteiger partial charge on any atom is -0.443 e. The van der Waals surface area contributed by atoms with Crippen LogP contribution < -0.4 is 11.2 Å². The molecule has 0 saturated heterocycles. The Balaban J connectivity index is 3.05. The van der Waals surface area contributed by atoms with E-state index in [1.165, 1.54) is 4.40 Å². The lowest BCUT2D eigenvalue weighted by Crippen LogP contribution is -2.27. The van der Waals surface area contributed by atoms with E-state index in [-0.39, 0.29) is 5.56 Å². The predicted octanol–water partition coefficient (Wildman–Crippen LogP) is 0.452. The van der Waals surface area contributed by atoms with Gasteiger partial charge in [0, 0.05) is 0 Å². The Morgan fingerprint density at radius 3 is 2.86 bits per heavy atom. The number of aromatic nitrogens is 2. The van der Waals surface area contributed by atoms with E-state index in [0.717, 1.165) is 0 Å². The van der Waals surface area contributed by atoms with Gasteiger partial charge in [-0.05, 0) is 13.3 Å². The highest BCUT2D eigenvalue weighted by Crippen LogP contribution is 2.08. The van der Waals surface area contributed by atoms with Gasteiger partial charge in [0.25, 0.3) is 5.56 Å². The first-order chi connectivity index (χ1) is 6.63. The zero-order chi connectivity index (χ0) is 10.3. The SMILES string of the molecule is CCc1c(=O)[nH]c(=O)n2cc(C)oc12. The van der Waals surface area contributed by atoms with Crippen molar-refractivity contribution in [2.75, 3.05) is 0 Å². The average molecular weight is 194 g/mol. The molecule has 2 heterocycles. The summed E-state index contributed by atoms with van der Waals surface area (Å²) in [5, 5.41) is 0. The fourth-order valence-electron chi connectivity index (χ4n) is 1.47. The van der Waals surface area contributed by atoms with Gasteiger partial charge in [-0.25, -0.2) is 9.20 Å². The third-order valence-electron chi connectivity index (χ3n) is 2.11. The number of rotatable bonds is 1. The molecule has 5 heteroatoms. The Morgan fingerprint density at radius 1 is 1.50 bits per heavy atom. The molecule has 0 bridgehead atoms. The maximum Gasteiger partial charge on any atom is 0.335 e. The molecule has 0 unspecified atom stereocenters. The van der Waals surface area contributed by atoms with Crippen LogP contribution in [-0.4, -0.2) is 9.38 Å². The molecule has 0 fully saturated rings. The minimum atomic E-state index is -0.459. The van der Waals surface area contributed by atoms with Crippen molar-refractivity contribution < 1.29 is 4.42 Å². The Bertz CT molecular complexity index is 588. The molecule has 2 aromatic heterocycles. The molecule has 0 saturated carbocycles. The number of nitrogens with one attached hydrogen (secondary N) is 1. The fraction of sp³-hybridized carbons (Fsp3) is 0.333. The van der Waals surface area contributed by atoms with E-state index in [4.69, 9.17) is 4.42 Å². The van der Waals surface area contributed by atoms with Crippen LogP contribution in [0, 0.1) is 6.92 Å². The maximum absolute atomic E-state index is 11.4. The largest absolute Gasteiger partial charge is 0.443 e. The van der Waals surface area contributed by atoms with Gasteiger partial charge in [0.2, 0.25) is 5.71 Å². The van der Waals surface area contributed by atoms with Crippen molar-refractivity contribution in [3.63, 3.8) is 0 Å². The average Bonchev–Trinajstić information content (AvgIpc) is 2.48. The highest BCUT2D eigenvalue weighted by atomic mass is 16.4. The van der Waals surface area contributed by atoms with Gasteiger partial charge in [0.05, 0.1) is 11.8 Å². The summed E-state index contributed by atoms with van der Waals surface area (Å²) in [5.41, 5.74) is 0.0161. The molecule has 2 aromatic rings. The molecule has 1 N–H and O–H groups in total. The predicted molar refractivity (Wildman–Crippen MR) is 50.7 cm³/mol. The van der Waals surface area contributed by atoms with E-state index in [0.29, 0.717) is 23.5 Å². The lowest BCUT2D eigenvalue weighted by Gasteiger charge is -1.95. The quantitative estimate of drug-likeness (QED) is 0.716. The fourth-order valence-corrected chi connectivity index (χ4v) is 1.47. The van der Waals surface area contributed by atoms with Crippen LogP contribution in [0.3, 0.4) is 0 Å². The number of H-pyrrole nitrogens is 1. The van der Waals surface area contributed by atoms with Crippen molar-refractivity contribution in [1.82, 2.24) is 9.38 Å². The molecule has 14 heavy (non-hydrogen) atoms. The standard InChI is InChI=1S/C9H10N2O3/c1-3-6-7(12)10-9(13)11-4-5(2)14-8(6)11/h4H,3H2,1-2H3,(H,10,12,13). The van der Waals surface area contributed by atoms with Gasteiger partial charge in [0.15, 0.2) is 0 Å². The molecule has 5 nitrogen and oxygen atoms in total. The number of oxazole rings is 1. The summed E-state index contributed by atoms with van der Waals surface area (Å²) in [4.78, 5) is 24.9. The zero-order valence-electron chi connectivity index (χ0n) is 7.96. The zero-order valence-corrected chi connectivity index (χ0v) is 7.96. The molecule has 0 aliphatic rings. The molecule has 0 spiro atoms. The first kappa shape index (κ1) is 8.80. The van der Waals surface area contributed by atoms with Crippen molar-refractivity contribution in [3.8, 4) is 0 Å². The molecule has 0 radical (unpaired) electrons. The van der Waals surface area contributed by atoms with Gasteiger partial charge in [-0.2, -0.15) is 0 Å². The van der Waals surface area contributed by atoms with Crippen LogP contribution in [0.25, 0.3) is 5.71 Å². The number of nitrogens with zero attached hydrogens (tertiary/aromatic N) is 1. The topological polar surface area (TPSA) is 67.5 Å². The van der Waals surface area contributed by atoms with Crippen LogP contribution >= 0.6 is 0 Å². The van der Waals surface area contributed by atoms with Gasteiger partial charge >= 0.3 is 5.69 Å². The Hall–Kier alpha value is -1.78. The molecule has 0 amide bonds. The molecule has 74 valence electrons. The number of fused-ring (bicyclic) bond motifs is 1. The third-order valence-corrected chi connectivity index (χ3v) is 2.11. The minimum absolute atomic E-state index is 0.346. The summed E-state index contributed by atoms with van der Waals surface area (Å²) in [6.45, 7) is 3.57. The van der Waals surface area contributed by atoms with Gasteiger partial charge in [-0.15, -0.1) is 0 Å². The van der Waals surface area contributed by atoms with E-state index >= 15 is 0 Å². The third kappa shape index (κ3) is 1.09. The van der Waals surface area contributed by atoms with Crippen molar-refractivity contribution >= 4 is 5.71 Å². The summed E-state index contributed by atoms with van der Waals surface area (Å²) < 4.78 is 6.61. The highest BCUT2D eigenvalue weighted by Gasteiger charge is 2.10. The summed E-state index contributed by atoms with van der Waals surface area (Å²) in [7, 11) is 0. The van der Waals surface area contributed by atoms with Gasteiger partial charge in [0.1, 0.15) is 5.76 Å². The Morgan fingerprint density at radius 2 is 2.21 bits per heavy atom. The summed E-state index contributed by atoms with van der Waals surface area (Å²) in [6, 6.07) is 0. The van der Waals surface area contributed by atoms with Crippen LogP contribution in [0.2, 0.25) is 0 Å². The van der Waals surface area contributed by atoms with E-state index in [1.54, 1.807) is 13.1 Å². The molecule has 2 rings (SSSR count). The molecular weight excluding hydrogens is 184 g/mol. The molecule has 0 aliphatic heterocycles. The summed E-state index contributed by atoms with van der Waals surface area (Å²) in [6.07, 6.45) is 2.10. The molecular formula is C9H10N2O3. The van der Waals surface area contributed by atoms with E-state index < -0.39 is 5.69 Å². The second kappa shape index (κ2) is 2.87. The molecule has 0 aliphatic carbocycles. The van der Waals surface area contributed by atoms with E-state index in [9.17, 15) is 9.59 Å². The molecule has 0 aromatic carbocycles. The van der Waals surface area contributed by atoms with Crippen molar-refractivity contribution in [3.05, 3.63) is 38.4 Å². The van der Waals surface area contributed by atoms with Crippen molar-refractivity contribution in [2.45, 2.75) is 20.3 Å². The van der Waals surface area contributed by atoms with Gasteiger partial charge < -0.3 is 4.42 Å². The number of aromatic amines is 1. The smallest absolute Gasteiger partial charge is 0.335 e. The monoisotopic (exact) mass is 194 g/mol. The van der Waals surface area contributed by atoms with E-state index in [2.05, 4.69) is 4.98 Å². The first-order valence-electron chi connectivity index (χ1n) is 4.37. The highest BCUT2D eigenvalue weighted by molar-refractivity contribution is 5.42. The number of hydrogen-bond donors (Lipinski definition) is 1.